The van der Waals surface area contributed by atoms with Crippen LogP contribution in [0.2, 0.25) is 0 Å². The first-order valence-corrected chi connectivity index (χ1v) is 7.08. The molecule has 1 aromatic heterocycles. The van der Waals surface area contributed by atoms with E-state index >= 15 is 0 Å². The molecule has 0 amide bonds. The van der Waals surface area contributed by atoms with E-state index in [1.54, 1.807) is 6.07 Å². The Kier molecular flexibility index (Phi) is 3.52. The minimum absolute atomic E-state index is 0.106. The lowest BCUT2D eigenvalue weighted by Crippen LogP contribution is -2.07. The molecule has 0 aliphatic carbocycles. The average Bonchev–Trinajstić information content (AvgIpc) is 2.51. The summed E-state index contributed by atoms with van der Waals surface area (Å²) in [5.41, 5.74) is 3.59. The molecule has 2 aromatic carbocycles. The summed E-state index contributed by atoms with van der Waals surface area (Å²) in [5.74, 6) is 0. The molecule has 0 aliphatic heterocycles. The number of hydrogen-bond donors (Lipinski definition) is 1. The number of H-pyrrole nitrogens is 1. The number of aromatic amines is 1. The van der Waals surface area contributed by atoms with E-state index in [2.05, 4.69) is 20.9 Å². The minimum Gasteiger partial charge on any atom is -0.321 e. The van der Waals surface area contributed by atoms with Crippen molar-refractivity contribution in [3.8, 4) is 22.4 Å². The molecular formula is C17H12BrNO. The Bertz CT molecular complexity index is 715. The molecule has 0 saturated carbocycles. The van der Waals surface area contributed by atoms with Crippen LogP contribution in [0, 0.1) is 0 Å². The van der Waals surface area contributed by atoms with Crippen LogP contribution >= 0.6 is 15.9 Å². The molecule has 0 unspecified atom stereocenters. The zero-order valence-corrected chi connectivity index (χ0v) is 12.2. The van der Waals surface area contributed by atoms with Gasteiger partial charge in [0, 0.05) is 16.1 Å². The Hall–Kier alpha value is -2.13. The molecule has 0 spiro atoms. The van der Waals surface area contributed by atoms with Crippen molar-refractivity contribution in [2.24, 2.45) is 0 Å². The number of rotatable bonds is 2. The fourth-order valence-corrected chi connectivity index (χ4v) is 2.85. The Morgan fingerprint density at radius 2 is 1.35 bits per heavy atom. The highest BCUT2D eigenvalue weighted by atomic mass is 79.9. The second-order valence-corrected chi connectivity index (χ2v) is 5.26. The van der Waals surface area contributed by atoms with E-state index in [0.29, 0.717) is 0 Å². The van der Waals surface area contributed by atoms with Crippen molar-refractivity contribution in [1.82, 2.24) is 4.98 Å². The first kappa shape index (κ1) is 12.9. The summed E-state index contributed by atoms with van der Waals surface area (Å²) in [6, 6.07) is 21.3. The molecular weight excluding hydrogens is 314 g/mol. The average molecular weight is 326 g/mol. The minimum atomic E-state index is -0.106. The van der Waals surface area contributed by atoms with Crippen LogP contribution in [0.5, 0.6) is 0 Å². The van der Waals surface area contributed by atoms with Gasteiger partial charge in [-0.1, -0.05) is 60.7 Å². The summed E-state index contributed by atoms with van der Waals surface area (Å²) in [6.45, 7) is 0. The van der Waals surface area contributed by atoms with E-state index in [1.165, 1.54) is 0 Å². The second kappa shape index (κ2) is 5.47. The largest absolute Gasteiger partial charge is 0.321 e. The number of benzene rings is 2. The van der Waals surface area contributed by atoms with Gasteiger partial charge in [0.05, 0.1) is 5.69 Å². The number of pyridine rings is 1. The Balaban J connectivity index is 2.24. The molecule has 1 N–H and O–H groups in total. The lowest BCUT2D eigenvalue weighted by atomic mass is 10.0. The third-order valence-corrected chi connectivity index (χ3v) is 3.95. The highest BCUT2D eigenvalue weighted by Crippen LogP contribution is 2.33. The molecule has 0 aliphatic rings. The van der Waals surface area contributed by atoms with Gasteiger partial charge < -0.3 is 4.98 Å². The first-order valence-electron chi connectivity index (χ1n) is 6.29. The number of aromatic nitrogens is 1. The maximum Gasteiger partial charge on any atom is 0.249 e. The summed E-state index contributed by atoms with van der Waals surface area (Å²) < 4.78 is 0.898. The second-order valence-electron chi connectivity index (χ2n) is 4.47. The maximum absolute atomic E-state index is 11.9. The van der Waals surface area contributed by atoms with Crippen LogP contribution in [0.1, 0.15) is 0 Å². The van der Waals surface area contributed by atoms with Crippen molar-refractivity contribution >= 4 is 15.9 Å². The topological polar surface area (TPSA) is 32.9 Å². The Morgan fingerprint density at radius 3 is 1.95 bits per heavy atom. The van der Waals surface area contributed by atoms with Gasteiger partial charge in [0.2, 0.25) is 5.56 Å². The molecule has 98 valence electrons. The van der Waals surface area contributed by atoms with Crippen LogP contribution < -0.4 is 5.56 Å². The highest BCUT2D eigenvalue weighted by Gasteiger charge is 2.11. The third kappa shape index (κ3) is 2.45. The van der Waals surface area contributed by atoms with Crippen LogP contribution in [0.25, 0.3) is 22.4 Å². The van der Waals surface area contributed by atoms with E-state index in [-0.39, 0.29) is 5.56 Å². The van der Waals surface area contributed by atoms with Gasteiger partial charge in [-0.25, -0.2) is 0 Å². The normalized spacial score (nSPS) is 10.4. The van der Waals surface area contributed by atoms with Gasteiger partial charge in [-0.05, 0) is 27.1 Å². The molecule has 0 saturated heterocycles. The molecule has 3 rings (SSSR count). The zero-order valence-electron chi connectivity index (χ0n) is 10.6. The predicted molar refractivity (Wildman–Crippen MR) is 85.6 cm³/mol. The number of halogens is 1. The Morgan fingerprint density at radius 1 is 0.800 bits per heavy atom. The number of nitrogens with one attached hydrogen (secondary N) is 1. The molecule has 20 heavy (non-hydrogen) atoms. The first-order chi connectivity index (χ1) is 9.75. The molecule has 1 heterocycles. The lowest BCUT2D eigenvalue weighted by molar-refractivity contribution is 1.23. The van der Waals surface area contributed by atoms with E-state index in [0.717, 1.165) is 26.9 Å². The van der Waals surface area contributed by atoms with Gasteiger partial charge in [0.1, 0.15) is 0 Å². The molecule has 0 fully saturated rings. The van der Waals surface area contributed by atoms with Crippen LogP contribution in [0.3, 0.4) is 0 Å². The summed E-state index contributed by atoms with van der Waals surface area (Å²) in [5, 5.41) is 0. The van der Waals surface area contributed by atoms with E-state index in [1.807, 2.05) is 60.7 Å². The van der Waals surface area contributed by atoms with Crippen LogP contribution in [-0.2, 0) is 0 Å². The van der Waals surface area contributed by atoms with Crippen molar-refractivity contribution in [1.29, 1.82) is 0 Å². The summed E-state index contributed by atoms with van der Waals surface area (Å²) in [7, 11) is 0. The quantitative estimate of drug-likeness (QED) is 0.740. The summed E-state index contributed by atoms with van der Waals surface area (Å²) in [6.07, 6.45) is 0. The van der Waals surface area contributed by atoms with Gasteiger partial charge in [0.15, 0.2) is 0 Å². The van der Waals surface area contributed by atoms with Crippen molar-refractivity contribution in [3.63, 3.8) is 0 Å². The van der Waals surface area contributed by atoms with Crippen molar-refractivity contribution < 1.29 is 0 Å². The van der Waals surface area contributed by atoms with Gasteiger partial charge in [-0.3, -0.25) is 4.79 Å². The molecule has 0 radical (unpaired) electrons. The number of hydrogen-bond acceptors (Lipinski definition) is 1. The standard InChI is InChI=1S/C17H12BrNO/c18-16-14(12-7-3-1-4-8-12)11-15(20)19-17(16)13-9-5-2-6-10-13/h1-11H,(H,19,20). The summed E-state index contributed by atoms with van der Waals surface area (Å²) in [4.78, 5) is 14.8. The molecule has 3 heteroatoms. The maximum atomic E-state index is 11.9. The fraction of sp³-hybridized carbons (Fsp3) is 0. The van der Waals surface area contributed by atoms with E-state index < -0.39 is 0 Å². The van der Waals surface area contributed by atoms with E-state index in [4.69, 9.17) is 0 Å². The lowest BCUT2D eigenvalue weighted by Gasteiger charge is -2.10. The van der Waals surface area contributed by atoms with Crippen LogP contribution in [-0.4, -0.2) is 4.98 Å². The predicted octanol–water partition coefficient (Wildman–Crippen LogP) is 4.47. The third-order valence-electron chi connectivity index (χ3n) is 3.13. The molecule has 0 atom stereocenters. The van der Waals surface area contributed by atoms with Crippen LogP contribution in [0.4, 0.5) is 0 Å². The van der Waals surface area contributed by atoms with Gasteiger partial charge in [-0.15, -0.1) is 0 Å². The van der Waals surface area contributed by atoms with Gasteiger partial charge in [0.25, 0.3) is 0 Å². The van der Waals surface area contributed by atoms with Crippen molar-refractivity contribution in [2.75, 3.05) is 0 Å². The van der Waals surface area contributed by atoms with Gasteiger partial charge in [-0.2, -0.15) is 0 Å². The zero-order chi connectivity index (χ0) is 13.9. The van der Waals surface area contributed by atoms with Gasteiger partial charge >= 0.3 is 0 Å². The molecule has 0 bridgehead atoms. The van der Waals surface area contributed by atoms with Crippen molar-refractivity contribution in [2.45, 2.75) is 0 Å². The fourth-order valence-electron chi connectivity index (χ4n) is 2.17. The molecule has 2 nitrogen and oxygen atoms in total. The SMILES string of the molecule is O=c1cc(-c2ccccc2)c(Br)c(-c2ccccc2)[nH]1. The smallest absolute Gasteiger partial charge is 0.249 e. The van der Waals surface area contributed by atoms with Crippen LogP contribution in [0.15, 0.2) is 76.0 Å². The summed E-state index contributed by atoms with van der Waals surface area (Å²) >= 11 is 3.62. The highest BCUT2D eigenvalue weighted by molar-refractivity contribution is 9.10. The van der Waals surface area contributed by atoms with E-state index in [9.17, 15) is 4.79 Å². The molecule has 3 aromatic rings. The monoisotopic (exact) mass is 325 g/mol. The Labute approximate surface area is 125 Å². The van der Waals surface area contributed by atoms with Crippen molar-refractivity contribution in [3.05, 3.63) is 81.6 Å².